The summed E-state index contributed by atoms with van der Waals surface area (Å²) in [5.41, 5.74) is 0.804. The van der Waals surface area contributed by atoms with Crippen molar-refractivity contribution in [2.45, 2.75) is 11.8 Å². The summed E-state index contributed by atoms with van der Waals surface area (Å²) < 4.78 is 90.4. The molecular formula is C16H15F4NO4S. The molecule has 26 heavy (non-hydrogen) atoms. The van der Waals surface area contributed by atoms with E-state index in [-0.39, 0.29) is 13.2 Å². The van der Waals surface area contributed by atoms with Gasteiger partial charge in [-0.2, -0.15) is 17.2 Å². The van der Waals surface area contributed by atoms with Crippen LogP contribution in [0.1, 0.15) is 6.92 Å². The molecule has 5 nitrogen and oxygen atoms in total. The van der Waals surface area contributed by atoms with E-state index in [9.17, 15) is 26.0 Å². The van der Waals surface area contributed by atoms with E-state index in [4.69, 9.17) is 9.29 Å². The molecule has 2 aromatic carbocycles. The largest absolute Gasteiger partial charge is 0.486 e. The van der Waals surface area contributed by atoms with Gasteiger partial charge >= 0.3 is 10.1 Å². The van der Waals surface area contributed by atoms with Crippen LogP contribution in [0.25, 0.3) is 0 Å². The fourth-order valence-electron chi connectivity index (χ4n) is 2.31. The molecule has 0 saturated carbocycles. The average Bonchev–Trinajstić information content (AvgIpc) is 2.59. The maximum Gasteiger partial charge on any atom is 0.300 e. The van der Waals surface area contributed by atoms with Crippen LogP contribution in [0.2, 0.25) is 0 Å². The molecule has 0 spiro atoms. The molecule has 0 aliphatic heterocycles. The number of hydrogen-bond donors (Lipinski definition) is 1. The molecule has 10 heteroatoms. The van der Waals surface area contributed by atoms with E-state index < -0.39 is 44.0 Å². The molecule has 0 atom stereocenters. The standard InChI is InChI=1S/C16H15F4NO4S/c1-2-21(10-6-4-3-5-7-10)8-9-25-15-11(17)13(19)16(26(22,23)24)14(20)12(15)18/h3-7H,2,8-9H2,1H3,(H,22,23,24). The Morgan fingerprint density at radius 3 is 2.00 bits per heavy atom. The molecule has 0 aliphatic carbocycles. The lowest BCUT2D eigenvalue weighted by molar-refractivity contribution is 0.271. The number of likely N-dealkylation sites (N-methyl/N-ethyl adjacent to an activating group) is 1. The van der Waals surface area contributed by atoms with Crippen LogP contribution in [0.3, 0.4) is 0 Å². The van der Waals surface area contributed by atoms with Crippen LogP contribution in [0.4, 0.5) is 23.2 Å². The fourth-order valence-corrected chi connectivity index (χ4v) is 2.94. The molecular weight excluding hydrogens is 378 g/mol. The first kappa shape index (κ1) is 20.0. The zero-order valence-corrected chi connectivity index (χ0v) is 14.4. The summed E-state index contributed by atoms with van der Waals surface area (Å²) in [6, 6.07) is 8.98. The molecule has 0 fully saturated rings. The molecule has 0 aromatic heterocycles. The summed E-state index contributed by atoms with van der Waals surface area (Å²) >= 11 is 0. The third-order valence-corrected chi connectivity index (χ3v) is 4.43. The van der Waals surface area contributed by atoms with Crippen molar-refractivity contribution >= 4 is 15.8 Å². The van der Waals surface area contributed by atoms with E-state index in [1.165, 1.54) is 0 Å². The molecule has 0 heterocycles. The van der Waals surface area contributed by atoms with Gasteiger partial charge in [-0.1, -0.05) is 18.2 Å². The maximum atomic E-state index is 13.9. The van der Waals surface area contributed by atoms with E-state index in [0.717, 1.165) is 5.69 Å². The average molecular weight is 393 g/mol. The zero-order valence-electron chi connectivity index (χ0n) is 13.5. The Hall–Kier alpha value is -2.33. The number of anilines is 1. The molecule has 0 amide bonds. The lowest BCUT2D eigenvalue weighted by atomic mass is 10.3. The predicted molar refractivity (Wildman–Crippen MR) is 85.9 cm³/mol. The highest BCUT2D eigenvalue weighted by Gasteiger charge is 2.33. The molecule has 2 rings (SSSR count). The highest BCUT2D eigenvalue weighted by molar-refractivity contribution is 7.85. The van der Waals surface area contributed by atoms with Crippen molar-refractivity contribution in [2.75, 3.05) is 24.6 Å². The molecule has 1 N–H and O–H groups in total. The van der Waals surface area contributed by atoms with Crippen molar-refractivity contribution < 1.29 is 35.3 Å². The predicted octanol–water partition coefficient (Wildman–Crippen LogP) is 3.40. The van der Waals surface area contributed by atoms with Crippen LogP contribution in [0.15, 0.2) is 35.2 Å². The SMILES string of the molecule is CCN(CCOc1c(F)c(F)c(S(=O)(=O)O)c(F)c1F)c1ccccc1. The van der Waals surface area contributed by atoms with Crippen molar-refractivity contribution in [1.82, 2.24) is 0 Å². The fraction of sp³-hybridized carbons (Fsp3) is 0.250. The van der Waals surface area contributed by atoms with E-state index in [2.05, 4.69) is 0 Å². The van der Waals surface area contributed by atoms with Gasteiger partial charge in [-0.05, 0) is 19.1 Å². The van der Waals surface area contributed by atoms with Crippen LogP contribution in [-0.2, 0) is 10.1 Å². The Morgan fingerprint density at radius 1 is 1.00 bits per heavy atom. The minimum atomic E-state index is -5.49. The second kappa shape index (κ2) is 7.92. The smallest absolute Gasteiger partial charge is 0.300 e. The number of ether oxygens (including phenoxy) is 1. The van der Waals surface area contributed by atoms with Gasteiger partial charge < -0.3 is 9.64 Å². The van der Waals surface area contributed by atoms with Gasteiger partial charge in [0.2, 0.25) is 11.6 Å². The number of nitrogens with zero attached hydrogens (tertiary/aromatic N) is 1. The van der Waals surface area contributed by atoms with Gasteiger partial charge in [-0.3, -0.25) is 4.55 Å². The van der Waals surface area contributed by atoms with E-state index >= 15 is 0 Å². The molecule has 2 aromatic rings. The zero-order chi connectivity index (χ0) is 19.5. The van der Waals surface area contributed by atoms with Crippen molar-refractivity contribution in [1.29, 1.82) is 0 Å². The molecule has 142 valence electrons. The number of halogens is 4. The van der Waals surface area contributed by atoms with E-state index in [0.29, 0.717) is 6.54 Å². The normalized spacial score (nSPS) is 11.5. The first-order valence-corrected chi connectivity index (χ1v) is 8.88. The summed E-state index contributed by atoms with van der Waals surface area (Å²) in [4.78, 5) is -0.311. The van der Waals surface area contributed by atoms with Crippen molar-refractivity contribution in [3.63, 3.8) is 0 Å². The quantitative estimate of drug-likeness (QED) is 0.444. The number of rotatable bonds is 7. The topological polar surface area (TPSA) is 66.8 Å². The van der Waals surface area contributed by atoms with Crippen LogP contribution in [0.5, 0.6) is 5.75 Å². The number of para-hydroxylation sites is 1. The van der Waals surface area contributed by atoms with Crippen LogP contribution >= 0.6 is 0 Å². The van der Waals surface area contributed by atoms with Gasteiger partial charge in [0.15, 0.2) is 22.3 Å². The monoisotopic (exact) mass is 393 g/mol. The lowest BCUT2D eigenvalue weighted by Gasteiger charge is -2.23. The van der Waals surface area contributed by atoms with Crippen molar-refractivity contribution in [2.24, 2.45) is 0 Å². The van der Waals surface area contributed by atoms with Gasteiger partial charge in [-0.25, -0.2) is 8.78 Å². The summed E-state index contributed by atoms with van der Waals surface area (Å²) in [6.45, 7) is 2.17. The second-order valence-corrected chi connectivity index (χ2v) is 6.51. The molecule has 0 unspecified atom stereocenters. The molecule has 0 bridgehead atoms. The van der Waals surface area contributed by atoms with E-state index in [1.54, 1.807) is 35.2 Å². The van der Waals surface area contributed by atoms with Crippen LogP contribution in [-0.4, -0.2) is 32.7 Å². The Kier molecular flexibility index (Phi) is 6.09. The van der Waals surface area contributed by atoms with Gasteiger partial charge in [0, 0.05) is 12.2 Å². The third-order valence-electron chi connectivity index (χ3n) is 3.55. The first-order chi connectivity index (χ1) is 12.2. The summed E-state index contributed by atoms with van der Waals surface area (Å²) in [7, 11) is -5.49. The van der Waals surface area contributed by atoms with Crippen LogP contribution in [0, 0.1) is 23.3 Å². The van der Waals surface area contributed by atoms with Gasteiger partial charge in [0.1, 0.15) is 6.61 Å². The van der Waals surface area contributed by atoms with E-state index in [1.807, 2.05) is 6.92 Å². The summed E-state index contributed by atoms with van der Waals surface area (Å²) in [5.74, 6) is -9.98. The summed E-state index contributed by atoms with van der Waals surface area (Å²) in [6.07, 6.45) is 0. The Bertz CT molecular complexity index is 862. The van der Waals surface area contributed by atoms with Crippen molar-refractivity contribution in [3.05, 3.63) is 53.6 Å². The Labute approximate surface area is 147 Å². The first-order valence-electron chi connectivity index (χ1n) is 7.44. The number of benzene rings is 2. The van der Waals surface area contributed by atoms with Gasteiger partial charge in [-0.15, -0.1) is 0 Å². The minimum absolute atomic E-state index is 0.142. The Balaban J connectivity index is 2.23. The summed E-state index contributed by atoms with van der Waals surface area (Å²) in [5, 5.41) is 0. The maximum absolute atomic E-state index is 13.9. The van der Waals surface area contributed by atoms with Crippen molar-refractivity contribution in [3.8, 4) is 5.75 Å². The van der Waals surface area contributed by atoms with Gasteiger partial charge in [0.25, 0.3) is 0 Å². The molecule has 0 radical (unpaired) electrons. The number of hydrogen-bond acceptors (Lipinski definition) is 4. The van der Waals surface area contributed by atoms with Gasteiger partial charge in [0.05, 0.1) is 6.54 Å². The second-order valence-electron chi connectivity index (χ2n) is 5.15. The molecule has 0 aliphatic rings. The Morgan fingerprint density at radius 2 is 1.54 bits per heavy atom. The molecule has 0 saturated heterocycles. The lowest BCUT2D eigenvalue weighted by Crippen LogP contribution is -2.28. The highest BCUT2D eigenvalue weighted by atomic mass is 32.2. The minimum Gasteiger partial charge on any atom is -0.486 e. The third kappa shape index (κ3) is 4.07. The highest BCUT2D eigenvalue weighted by Crippen LogP contribution is 2.32. The van der Waals surface area contributed by atoms with Crippen LogP contribution < -0.4 is 9.64 Å².